The van der Waals surface area contributed by atoms with Gasteiger partial charge in [0.1, 0.15) is 17.1 Å². The van der Waals surface area contributed by atoms with Crippen LogP contribution in [0.4, 0.5) is 16.0 Å². The molecule has 5 rings (SSSR count). The molecule has 0 spiro atoms. The Balaban J connectivity index is 1.44. The summed E-state index contributed by atoms with van der Waals surface area (Å²) in [5.41, 5.74) is -1.50. The van der Waals surface area contributed by atoms with Crippen LogP contribution in [0.25, 0.3) is 16.2 Å². The lowest BCUT2D eigenvalue weighted by Gasteiger charge is -2.39. The highest BCUT2D eigenvalue weighted by atomic mass is 35.5. The summed E-state index contributed by atoms with van der Waals surface area (Å²) in [6.07, 6.45) is 2.52. The summed E-state index contributed by atoms with van der Waals surface area (Å²) < 4.78 is 25.1. The second-order valence-electron chi connectivity index (χ2n) is 7.73. The number of aromatic carboxylic acids is 1. The number of ether oxygens (including phenoxy) is 1. The number of amides is 1. The van der Waals surface area contributed by atoms with Gasteiger partial charge in [0.25, 0.3) is 0 Å². The number of hydrogen-bond donors (Lipinski definition) is 2. The van der Waals surface area contributed by atoms with Gasteiger partial charge < -0.3 is 20.1 Å². The summed E-state index contributed by atoms with van der Waals surface area (Å²) in [6, 6.07) is 4.19. The molecule has 1 amide bonds. The molecule has 4 aromatic rings. The van der Waals surface area contributed by atoms with E-state index in [1.54, 1.807) is 12.1 Å². The van der Waals surface area contributed by atoms with Gasteiger partial charge in [-0.25, -0.2) is 19.2 Å². The van der Waals surface area contributed by atoms with Gasteiger partial charge in [-0.2, -0.15) is 9.36 Å². The van der Waals surface area contributed by atoms with Crippen molar-refractivity contribution >= 4 is 57.7 Å². The van der Waals surface area contributed by atoms with Gasteiger partial charge in [0.2, 0.25) is 21.8 Å². The van der Waals surface area contributed by atoms with E-state index in [9.17, 15) is 19.5 Å². The van der Waals surface area contributed by atoms with Crippen LogP contribution in [0.3, 0.4) is 0 Å². The number of carboxylic acids is 1. The molecular weight excluding hydrogens is 517 g/mol. The van der Waals surface area contributed by atoms with Crippen molar-refractivity contribution in [1.29, 1.82) is 0 Å². The van der Waals surface area contributed by atoms with Gasteiger partial charge in [-0.3, -0.25) is 14.2 Å². The molecule has 15 heteroatoms. The zero-order chi connectivity index (χ0) is 25.6. The first-order chi connectivity index (χ1) is 17.2. The molecule has 0 saturated carbocycles. The van der Waals surface area contributed by atoms with Crippen LogP contribution in [0, 0.1) is 11.7 Å². The lowest BCUT2D eigenvalue weighted by Crippen LogP contribution is -2.52. The van der Waals surface area contributed by atoms with Crippen molar-refractivity contribution in [2.75, 3.05) is 30.4 Å². The van der Waals surface area contributed by atoms with Crippen LogP contribution in [0.1, 0.15) is 10.4 Å². The molecule has 36 heavy (non-hydrogen) atoms. The molecule has 12 nitrogen and oxygen atoms in total. The van der Waals surface area contributed by atoms with Gasteiger partial charge in [0.15, 0.2) is 17.3 Å². The molecule has 4 aromatic heterocycles. The van der Waals surface area contributed by atoms with Crippen molar-refractivity contribution in [1.82, 2.24) is 23.9 Å². The normalized spacial score (nSPS) is 13.5. The van der Waals surface area contributed by atoms with Crippen LogP contribution in [0.5, 0.6) is 5.75 Å². The van der Waals surface area contributed by atoms with Crippen molar-refractivity contribution in [3.63, 3.8) is 0 Å². The Morgan fingerprint density at radius 3 is 2.69 bits per heavy atom. The Labute approximate surface area is 210 Å². The number of anilines is 2. The second kappa shape index (κ2) is 9.13. The van der Waals surface area contributed by atoms with Gasteiger partial charge in [-0.15, -0.1) is 0 Å². The van der Waals surface area contributed by atoms with Crippen LogP contribution < -0.4 is 20.4 Å². The van der Waals surface area contributed by atoms with Crippen LogP contribution in [-0.2, 0) is 4.79 Å². The van der Waals surface area contributed by atoms with E-state index in [0.29, 0.717) is 11.6 Å². The number of rotatable bonds is 6. The number of nitrogens with one attached hydrogen (secondary N) is 1. The fraction of sp³-hybridized carbons (Fsp3) is 0.190. The maximum Gasteiger partial charge on any atom is 0.341 e. The average Bonchev–Trinajstić information content (AvgIpc) is 3.25. The van der Waals surface area contributed by atoms with Crippen LogP contribution in [0.15, 0.2) is 35.4 Å². The maximum atomic E-state index is 15.0. The number of carbonyl (C=O) groups excluding carboxylic acids is 1. The molecular formula is C21H15ClFN7O5S. The lowest BCUT2D eigenvalue weighted by atomic mass is 9.99. The summed E-state index contributed by atoms with van der Waals surface area (Å²) in [7, 11) is 1.51. The van der Waals surface area contributed by atoms with Crippen molar-refractivity contribution in [3.8, 4) is 10.9 Å². The van der Waals surface area contributed by atoms with Crippen LogP contribution in [0.2, 0.25) is 5.28 Å². The standard InChI is InChI=1S/C21H15ClFN7O5S/c1-35-10-2-3-14(24-5-10)25-18(32)9-6-29(7-9)17-13(23)4-11-15(31)12(19(33)34)8-30(16(11)26-17)21-27-20(22)28-36-21/h2-5,8-9H,6-7H2,1H3,(H,33,34)(H,24,25,32). The topological polar surface area (TPSA) is 152 Å². The summed E-state index contributed by atoms with van der Waals surface area (Å²) in [6.45, 7) is 0.332. The summed E-state index contributed by atoms with van der Waals surface area (Å²) >= 11 is 6.66. The first-order valence-corrected chi connectivity index (χ1v) is 11.4. The van der Waals surface area contributed by atoms with Gasteiger partial charge in [-0.05, 0) is 29.8 Å². The van der Waals surface area contributed by atoms with Crippen molar-refractivity contribution in [2.24, 2.45) is 5.92 Å². The van der Waals surface area contributed by atoms with Crippen molar-refractivity contribution in [2.45, 2.75) is 0 Å². The van der Waals surface area contributed by atoms with E-state index in [0.717, 1.165) is 23.8 Å². The molecule has 1 aliphatic heterocycles. The Morgan fingerprint density at radius 1 is 1.31 bits per heavy atom. The first kappa shape index (κ1) is 23.6. The van der Waals surface area contributed by atoms with Crippen molar-refractivity contribution in [3.05, 3.63) is 57.5 Å². The molecule has 5 heterocycles. The molecule has 0 atom stereocenters. The number of hydrogen-bond acceptors (Lipinski definition) is 10. The van der Waals surface area contributed by atoms with Crippen LogP contribution in [-0.4, -0.2) is 61.1 Å². The zero-order valence-electron chi connectivity index (χ0n) is 18.3. The number of methoxy groups -OCH3 is 1. The van der Waals surface area contributed by atoms with Crippen molar-refractivity contribution < 1.29 is 23.8 Å². The minimum absolute atomic E-state index is 0.0236. The molecule has 0 aliphatic carbocycles. The minimum Gasteiger partial charge on any atom is -0.495 e. The third-order valence-corrected chi connectivity index (χ3v) is 6.50. The Kier molecular flexibility index (Phi) is 5.97. The lowest BCUT2D eigenvalue weighted by molar-refractivity contribution is -0.120. The van der Waals surface area contributed by atoms with Gasteiger partial charge >= 0.3 is 5.97 Å². The fourth-order valence-electron chi connectivity index (χ4n) is 3.65. The molecule has 0 aromatic carbocycles. The number of pyridine rings is 3. The average molecular weight is 532 g/mol. The molecule has 0 unspecified atom stereocenters. The molecule has 1 aliphatic rings. The van der Waals surface area contributed by atoms with E-state index in [1.807, 2.05) is 0 Å². The number of carbonyl (C=O) groups is 2. The number of carboxylic acid groups (broad SMARTS) is 1. The minimum atomic E-state index is -1.49. The van der Waals surface area contributed by atoms with Gasteiger partial charge in [0.05, 0.1) is 24.6 Å². The quantitative estimate of drug-likeness (QED) is 0.378. The van der Waals surface area contributed by atoms with E-state index >= 15 is 4.39 Å². The van der Waals surface area contributed by atoms with E-state index in [-0.39, 0.29) is 46.3 Å². The smallest absolute Gasteiger partial charge is 0.341 e. The molecule has 1 fully saturated rings. The largest absolute Gasteiger partial charge is 0.495 e. The SMILES string of the molecule is COc1ccc(NC(=O)C2CN(c3nc4c(cc3F)c(=O)c(C(=O)O)cn4-c3nc(Cl)ns3)C2)nc1. The third kappa shape index (κ3) is 4.20. The summed E-state index contributed by atoms with van der Waals surface area (Å²) in [4.78, 5) is 50.8. The highest BCUT2D eigenvalue weighted by Crippen LogP contribution is 2.29. The van der Waals surface area contributed by atoms with Crippen LogP contribution >= 0.6 is 23.1 Å². The molecule has 184 valence electrons. The zero-order valence-corrected chi connectivity index (χ0v) is 19.9. The number of halogens is 2. The second-order valence-corrected chi connectivity index (χ2v) is 8.80. The van der Waals surface area contributed by atoms with E-state index in [2.05, 4.69) is 24.6 Å². The number of nitrogens with zero attached hydrogens (tertiary/aromatic N) is 6. The highest BCUT2D eigenvalue weighted by Gasteiger charge is 2.35. The maximum absolute atomic E-state index is 15.0. The summed E-state index contributed by atoms with van der Waals surface area (Å²) in [5, 5.41) is 11.9. The molecule has 2 N–H and O–H groups in total. The highest BCUT2D eigenvalue weighted by molar-refractivity contribution is 7.08. The van der Waals surface area contributed by atoms with E-state index in [1.165, 1.54) is 22.8 Å². The predicted octanol–water partition coefficient (Wildman–Crippen LogP) is 2.21. The van der Waals surface area contributed by atoms with Gasteiger partial charge in [0, 0.05) is 30.8 Å². The Hall–Kier alpha value is -4.17. The molecule has 0 bridgehead atoms. The Morgan fingerprint density at radius 2 is 2.08 bits per heavy atom. The predicted molar refractivity (Wildman–Crippen MR) is 128 cm³/mol. The molecule has 1 saturated heterocycles. The van der Waals surface area contributed by atoms with E-state index < -0.39 is 28.7 Å². The Bertz CT molecular complexity index is 1570. The third-order valence-electron chi connectivity index (χ3n) is 5.52. The molecule has 0 radical (unpaired) electrons. The number of aromatic nitrogens is 5. The van der Waals surface area contributed by atoms with E-state index in [4.69, 9.17) is 16.3 Å². The fourth-order valence-corrected chi connectivity index (χ4v) is 4.44. The monoisotopic (exact) mass is 531 g/mol. The summed E-state index contributed by atoms with van der Waals surface area (Å²) in [5.74, 6) is -2.27. The van der Waals surface area contributed by atoms with Gasteiger partial charge in [-0.1, -0.05) is 0 Å². The first-order valence-electron chi connectivity index (χ1n) is 10.3. The number of fused-ring (bicyclic) bond motifs is 1.